The highest BCUT2D eigenvalue weighted by Crippen LogP contribution is 2.38. The lowest BCUT2D eigenvalue weighted by Crippen LogP contribution is -2.30. The highest BCUT2D eigenvalue weighted by molar-refractivity contribution is 5.80. The van der Waals surface area contributed by atoms with Gasteiger partial charge < -0.3 is 10.3 Å². The number of fused-ring (bicyclic) bond motifs is 1. The predicted octanol–water partition coefficient (Wildman–Crippen LogP) is 2.29. The highest BCUT2D eigenvalue weighted by atomic mass is 16.1. The van der Waals surface area contributed by atoms with Crippen molar-refractivity contribution in [2.75, 3.05) is 13.6 Å². The van der Waals surface area contributed by atoms with Crippen LogP contribution in [0.2, 0.25) is 0 Å². The zero-order chi connectivity index (χ0) is 14.7. The van der Waals surface area contributed by atoms with Crippen LogP contribution in [0.5, 0.6) is 0 Å². The van der Waals surface area contributed by atoms with E-state index >= 15 is 0 Å². The average Bonchev–Trinajstić information content (AvgIpc) is 2.53. The van der Waals surface area contributed by atoms with Gasteiger partial charge in [0, 0.05) is 23.1 Å². The molecule has 1 aliphatic carbocycles. The molecular weight excluding hydrogens is 262 g/mol. The number of aromatic amines is 1. The molecule has 2 aromatic heterocycles. The van der Waals surface area contributed by atoms with E-state index in [2.05, 4.69) is 39.6 Å². The lowest BCUT2D eigenvalue weighted by Gasteiger charge is -2.32. The molecule has 0 fully saturated rings. The molecule has 108 valence electrons. The molecule has 0 saturated carbocycles. The number of hydrogen-bond donors (Lipinski definition) is 2. The summed E-state index contributed by atoms with van der Waals surface area (Å²) in [4.78, 5) is 19.1. The zero-order valence-electron chi connectivity index (χ0n) is 12.1. The van der Waals surface area contributed by atoms with Crippen molar-refractivity contribution in [3.05, 3.63) is 64.6 Å². The van der Waals surface area contributed by atoms with Crippen molar-refractivity contribution in [2.24, 2.45) is 0 Å². The predicted molar refractivity (Wildman–Crippen MR) is 85.5 cm³/mol. The number of nitrogens with one attached hydrogen (secondary N) is 2. The van der Waals surface area contributed by atoms with Crippen LogP contribution in [-0.2, 0) is 5.41 Å². The molecule has 1 unspecified atom stereocenters. The van der Waals surface area contributed by atoms with Crippen molar-refractivity contribution in [2.45, 2.75) is 18.3 Å². The van der Waals surface area contributed by atoms with Crippen LogP contribution in [-0.4, -0.2) is 23.6 Å². The van der Waals surface area contributed by atoms with Crippen molar-refractivity contribution >= 4 is 11.0 Å². The van der Waals surface area contributed by atoms with Crippen LogP contribution in [0, 0.1) is 0 Å². The van der Waals surface area contributed by atoms with E-state index in [-0.39, 0.29) is 11.0 Å². The van der Waals surface area contributed by atoms with Gasteiger partial charge in [0.15, 0.2) is 0 Å². The van der Waals surface area contributed by atoms with E-state index in [1.165, 1.54) is 0 Å². The maximum Gasteiger partial charge on any atom is 0.249 e. The summed E-state index contributed by atoms with van der Waals surface area (Å²) in [7, 11) is 1.95. The first kappa shape index (κ1) is 13.8. The minimum Gasteiger partial charge on any atom is -0.320 e. The van der Waals surface area contributed by atoms with Gasteiger partial charge in [-0.1, -0.05) is 24.3 Å². The minimum absolute atomic E-state index is 0.0945. The molecule has 0 radical (unpaired) electrons. The number of hydrogen-bond acceptors (Lipinski definition) is 3. The lowest BCUT2D eigenvalue weighted by atomic mass is 9.72. The Kier molecular flexibility index (Phi) is 3.71. The van der Waals surface area contributed by atoms with Crippen molar-refractivity contribution in [1.29, 1.82) is 0 Å². The third-order valence-corrected chi connectivity index (χ3v) is 4.12. The van der Waals surface area contributed by atoms with Gasteiger partial charge in [0.2, 0.25) is 5.56 Å². The van der Waals surface area contributed by atoms with Crippen LogP contribution in [0.25, 0.3) is 11.0 Å². The van der Waals surface area contributed by atoms with Gasteiger partial charge in [0.05, 0.1) is 0 Å². The Bertz CT molecular complexity index is 760. The summed E-state index contributed by atoms with van der Waals surface area (Å²) >= 11 is 0. The largest absolute Gasteiger partial charge is 0.320 e. The van der Waals surface area contributed by atoms with Crippen LogP contribution in [0.1, 0.15) is 18.4 Å². The molecule has 0 amide bonds. The van der Waals surface area contributed by atoms with Crippen molar-refractivity contribution in [3.8, 4) is 0 Å². The van der Waals surface area contributed by atoms with Gasteiger partial charge in [-0.25, -0.2) is 4.98 Å². The molecule has 0 saturated heterocycles. The lowest BCUT2D eigenvalue weighted by molar-refractivity contribution is 0.483. The Labute approximate surface area is 123 Å². The summed E-state index contributed by atoms with van der Waals surface area (Å²) in [6.45, 7) is 0.896. The number of aromatic nitrogens is 2. The van der Waals surface area contributed by atoms with Crippen LogP contribution in [0.3, 0.4) is 0 Å². The fourth-order valence-corrected chi connectivity index (χ4v) is 3.03. The number of H-pyrrole nitrogens is 1. The molecule has 2 N–H and O–H groups in total. The second kappa shape index (κ2) is 5.66. The zero-order valence-corrected chi connectivity index (χ0v) is 12.1. The smallest absolute Gasteiger partial charge is 0.249 e. The van der Waals surface area contributed by atoms with Crippen LogP contribution >= 0.6 is 0 Å². The molecule has 0 spiro atoms. The van der Waals surface area contributed by atoms with Gasteiger partial charge in [-0.05, 0) is 44.1 Å². The molecule has 0 aliphatic heterocycles. The summed E-state index contributed by atoms with van der Waals surface area (Å²) < 4.78 is 0. The molecule has 1 aliphatic rings. The van der Waals surface area contributed by atoms with Crippen LogP contribution in [0.4, 0.5) is 0 Å². The first-order valence-corrected chi connectivity index (χ1v) is 7.23. The van der Waals surface area contributed by atoms with Crippen LogP contribution < -0.4 is 10.9 Å². The van der Waals surface area contributed by atoms with Crippen molar-refractivity contribution < 1.29 is 0 Å². The fraction of sp³-hybridized carbons (Fsp3) is 0.294. The molecule has 4 heteroatoms. The second-order valence-corrected chi connectivity index (χ2v) is 5.45. The topological polar surface area (TPSA) is 57.8 Å². The van der Waals surface area contributed by atoms with Gasteiger partial charge >= 0.3 is 0 Å². The normalized spacial score (nSPS) is 21.0. The number of pyridine rings is 2. The Morgan fingerprint density at radius 3 is 3.10 bits per heavy atom. The van der Waals surface area contributed by atoms with E-state index in [9.17, 15) is 4.79 Å². The highest BCUT2D eigenvalue weighted by Gasteiger charge is 2.31. The average molecular weight is 281 g/mol. The van der Waals surface area contributed by atoms with Crippen molar-refractivity contribution in [3.63, 3.8) is 0 Å². The van der Waals surface area contributed by atoms with Gasteiger partial charge in [0.25, 0.3) is 0 Å². The van der Waals surface area contributed by atoms with Gasteiger partial charge in [-0.3, -0.25) is 4.79 Å². The molecule has 4 nitrogen and oxygen atoms in total. The third-order valence-electron chi connectivity index (χ3n) is 4.12. The standard InChI is InChI=1S/C17H19N3O/c1-18-11-9-17(7-3-2-4-8-17)14-12-15(21)20-16-13(14)6-5-10-19-16/h2-7,10,12,18H,8-9,11H2,1H3,(H,19,20,21). The van der Waals surface area contributed by atoms with E-state index in [1.54, 1.807) is 12.3 Å². The summed E-state index contributed by atoms with van der Waals surface area (Å²) in [6, 6.07) is 5.67. The van der Waals surface area contributed by atoms with E-state index in [4.69, 9.17) is 0 Å². The summed E-state index contributed by atoms with van der Waals surface area (Å²) in [5.74, 6) is 0. The van der Waals surface area contributed by atoms with Gasteiger partial charge in [-0.2, -0.15) is 0 Å². The molecule has 0 bridgehead atoms. The Morgan fingerprint density at radius 2 is 2.33 bits per heavy atom. The number of rotatable bonds is 4. The summed E-state index contributed by atoms with van der Waals surface area (Å²) in [5.41, 5.74) is 1.48. The summed E-state index contributed by atoms with van der Waals surface area (Å²) in [5, 5.41) is 4.23. The summed E-state index contributed by atoms with van der Waals surface area (Å²) in [6.07, 6.45) is 12.1. The van der Waals surface area contributed by atoms with E-state index < -0.39 is 0 Å². The molecule has 3 rings (SSSR count). The minimum atomic E-state index is -0.146. The fourth-order valence-electron chi connectivity index (χ4n) is 3.03. The molecule has 2 heterocycles. The first-order valence-electron chi connectivity index (χ1n) is 7.23. The Hall–Kier alpha value is -2.20. The third kappa shape index (κ3) is 2.54. The molecule has 0 aromatic carbocycles. The Balaban J connectivity index is 2.22. The Morgan fingerprint density at radius 1 is 1.43 bits per heavy atom. The van der Waals surface area contributed by atoms with Crippen LogP contribution in [0.15, 0.2) is 53.5 Å². The van der Waals surface area contributed by atoms with Crippen molar-refractivity contribution in [1.82, 2.24) is 15.3 Å². The quantitative estimate of drug-likeness (QED) is 0.904. The molecule has 1 atom stereocenters. The van der Waals surface area contributed by atoms with Gasteiger partial charge in [0.1, 0.15) is 5.65 Å². The van der Waals surface area contributed by atoms with Gasteiger partial charge in [-0.15, -0.1) is 0 Å². The number of allylic oxidation sites excluding steroid dienone is 4. The van der Waals surface area contributed by atoms with E-state index in [0.717, 1.165) is 30.3 Å². The molecule has 21 heavy (non-hydrogen) atoms. The monoisotopic (exact) mass is 281 g/mol. The first-order chi connectivity index (χ1) is 10.2. The molecular formula is C17H19N3O. The maximum absolute atomic E-state index is 12.0. The SMILES string of the molecule is CNCCC1(c2cc(=O)[nH]c3ncccc23)C=CC=CC1. The van der Waals surface area contributed by atoms with E-state index in [1.807, 2.05) is 19.2 Å². The maximum atomic E-state index is 12.0. The van der Waals surface area contributed by atoms with E-state index in [0.29, 0.717) is 5.65 Å². The second-order valence-electron chi connectivity index (χ2n) is 5.45. The number of nitrogens with zero attached hydrogens (tertiary/aromatic N) is 1. The molecule has 2 aromatic rings.